The van der Waals surface area contributed by atoms with Crippen LogP contribution in [0.25, 0.3) is 21.5 Å². The Morgan fingerprint density at radius 3 is 1.29 bits per heavy atom. The Kier molecular flexibility index (Phi) is 7.47. The number of rotatable bonds is 6. The van der Waals surface area contributed by atoms with Crippen molar-refractivity contribution in [3.63, 3.8) is 0 Å². The number of benzene rings is 4. The zero-order valence-corrected chi connectivity index (χ0v) is 25.7. The molecule has 4 aromatic carbocycles. The van der Waals surface area contributed by atoms with Gasteiger partial charge in [-0.1, -0.05) is 84.9 Å². The first-order valence-corrected chi connectivity index (χ1v) is 15.3. The van der Waals surface area contributed by atoms with E-state index in [-0.39, 0.29) is 0 Å². The molecule has 0 unspecified atom stereocenters. The first-order valence-electron chi connectivity index (χ1n) is 9.54. The Bertz CT molecular complexity index is 1270. The third-order valence-corrected chi connectivity index (χ3v) is 15.6. The van der Waals surface area contributed by atoms with E-state index in [1.54, 1.807) is 0 Å². The smallest absolute Gasteiger partial charge is 0.199 e. The third-order valence-electron chi connectivity index (χ3n) is 5.23. The molecule has 0 aliphatic heterocycles. The molecule has 160 valence electrons. The van der Waals surface area contributed by atoms with Crippen LogP contribution in [0, 0.1) is 0 Å². The first-order chi connectivity index (χ1) is 14.6. The molecule has 0 amide bonds. The molecule has 0 heterocycles. The van der Waals surface area contributed by atoms with Crippen LogP contribution in [0.2, 0.25) is 0 Å². The maximum atomic E-state index is 13.8. The zero-order valence-electron chi connectivity index (χ0n) is 16.2. The lowest BCUT2D eigenvalue weighted by Gasteiger charge is -2.30. The average molecular weight is 878 g/mol. The molecule has 0 atom stereocenters. The van der Waals surface area contributed by atoms with E-state index in [4.69, 9.17) is 0 Å². The van der Waals surface area contributed by atoms with E-state index in [9.17, 15) is 8.42 Å². The number of hydrogen-bond donors (Lipinski definition) is 0. The predicted octanol–water partition coefficient (Wildman–Crippen LogP) is 8.24. The Balaban J connectivity index is 1.61. The number of halogens is 4. The molecule has 0 aliphatic rings. The molecule has 0 spiro atoms. The Hall–Kier alpha value is 0.270. The molecule has 0 radical (unpaired) electrons. The molecule has 0 saturated carbocycles. The molecule has 0 aromatic heterocycles. The molecule has 31 heavy (non-hydrogen) atoms. The van der Waals surface area contributed by atoms with Crippen molar-refractivity contribution in [1.82, 2.24) is 0 Å². The monoisotopic (exact) mass is 878 g/mol. The molecule has 0 fully saturated rings. The van der Waals surface area contributed by atoms with E-state index in [1.807, 2.05) is 36.4 Å². The van der Waals surface area contributed by atoms with Gasteiger partial charge in [0.25, 0.3) is 0 Å². The van der Waals surface area contributed by atoms with Crippen molar-refractivity contribution in [3.05, 3.63) is 96.1 Å². The first kappa shape index (κ1) is 24.4. The summed E-state index contributed by atoms with van der Waals surface area (Å²) in [5.41, 5.74) is 2.06. The Labute approximate surface area is 237 Å². The molecule has 2 nitrogen and oxygen atoms in total. The van der Waals surface area contributed by atoms with Crippen LogP contribution in [0.3, 0.4) is 0 Å². The van der Waals surface area contributed by atoms with Crippen LogP contribution < -0.4 is 0 Å². The van der Waals surface area contributed by atoms with Gasteiger partial charge in [0.1, 0.15) is 0 Å². The van der Waals surface area contributed by atoms with Crippen LogP contribution in [0.5, 0.6) is 0 Å². The van der Waals surface area contributed by atoms with Crippen molar-refractivity contribution >= 4 is 122 Å². The highest BCUT2D eigenvalue weighted by Crippen LogP contribution is 2.50. The summed E-state index contributed by atoms with van der Waals surface area (Å²) < 4.78 is 25.7. The Morgan fingerprint density at radius 1 is 0.548 bits per heavy atom. The standard InChI is InChI=1S/C24H18I4O2S/c25-23(26,15-17-9-11-19-5-1-3-7-21(19)13-17)31(29,30)24(27,28)16-18-10-12-20-6-2-4-8-22(20)14-18/h1-14H,15-16H2. The van der Waals surface area contributed by atoms with Crippen LogP contribution in [0.4, 0.5) is 0 Å². The number of alkyl halides is 4. The summed E-state index contributed by atoms with van der Waals surface area (Å²) >= 11 is 8.47. The molecule has 0 saturated heterocycles. The van der Waals surface area contributed by atoms with E-state index in [1.165, 1.54) is 0 Å². The quantitative estimate of drug-likeness (QED) is 0.145. The van der Waals surface area contributed by atoms with Crippen LogP contribution >= 0.6 is 90.4 Å². The molecule has 0 N–H and O–H groups in total. The van der Waals surface area contributed by atoms with Crippen molar-refractivity contribution in [1.29, 1.82) is 0 Å². The normalized spacial score (nSPS) is 13.0. The SMILES string of the molecule is O=S(=O)(C(I)(I)Cc1ccc2ccccc2c1)C(I)(I)Cc1ccc2ccccc2c1. The largest absolute Gasteiger partial charge is 0.224 e. The fraction of sp³-hybridized carbons (Fsp3) is 0.167. The van der Waals surface area contributed by atoms with Gasteiger partial charge in [0.05, 0.1) is 0 Å². The molecule has 4 aromatic rings. The highest BCUT2D eigenvalue weighted by atomic mass is 127. The minimum atomic E-state index is -3.49. The van der Waals surface area contributed by atoms with Gasteiger partial charge >= 0.3 is 0 Å². The number of sulfone groups is 1. The summed E-state index contributed by atoms with van der Waals surface area (Å²) in [6.07, 6.45) is 0.902. The summed E-state index contributed by atoms with van der Waals surface area (Å²) in [6, 6.07) is 28.7. The minimum Gasteiger partial charge on any atom is -0.224 e. The second kappa shape index (κ2) is 9.49. The van der Waals surface area contributed by atoms with Crippen LogP contribution in [-0.4, -0.2) is 9.94 Å². The van der Waals surface area contributed by atoms with Crippen LogP contribution in [0.1, 0.15) is 11.1 Å². The third kappa shape index (κ3) is 5.19. The van der Waals surface area contributed by atoms with Gasteiger partial charge in [-0.15, -0.1) is 0 Å². The topological polar surface area (TPSA) is 34.1 Å². The summed E-state index contributed by atoms with van der Waals surface area (Å²) in [5.74, 6) is 0. The zero-order chi connectivity index (χ0) is 22.3. The summed E-state index contributed by atoms with van der Waals surface area (Å²) in [6.45, 7) is 0. The maximum Gasteiger partial charge on any atom is 0.199 e. The van der Waals surface area contributed by atoms with Gasteiger partial charge in [0.2, 0.25) is 0 Å². The fourth-order valence-electron chi connectivity index (χ4n) is 3.58. The van der Waals surface area contributed by atoms with Crippen molar-refractivity contribution in [2.24, 2.45) is 0 Å². The lowest BCUT2D eigenvalue weighted by molar-refractivity contribution is 0.589. The molecule has 0 bridgehead atoms. The minimum absolute atomic E-state index is 0.451. The molecular weight excluding hydrogens is 860 g/mol. The van der Waals surface area contributed by atoms with Gasteiger partial charge in [-0.25, -0.2) is 8.42 Å². The van der Waals surface area contributed by atoms with Crippen molar-refractivity contribution in [2.75, 3.05) is 0 Å². The average Bonchev–Trinajstić information content (AvgIpc) is 2.73. The van der Waals surface area contributed by atoms with E-state index in [2.05, 4.69) is 139 Å². The molecule has 4 rings (SSSR count). The maximum absolute atomic E-state index is 13.8. The molecular formula is C24H18I4O2S. The van der Waals surface area contributed by atoms with Gasteiger partial charge in [-0.2, -0.15) is 0 Å². The van der Waals surface area contributed by atoms with E-state index in [0.717, 1.165) is 32.7 Å². The highest BCUT2D eigenvalue weighted by Gasteiger charge is 2.51. The van der Waals surface area contributed by atoms with E-state index in [0.29, 0.717) is 12.8 Å². The second-order valence-corrected chi connectivity index (χ2v) is 24.3. The summed E-state index contributed by atoms with van der Waals surface area (Å²) in [7, 11) is -3.49. The van der Waals surface area contributed by atoms with E-state index < -0.39 is 11.4 Å². The van der Waals surface area contributed by atoms with Gasteiger partial charge < -0.3 is 0 Å². The summed E-state index contributed by atoms with van der Waals surface area (Å²) in [5, 5.41) is 4.59. The lowest BCUT2D eigenvalue weighted by atomic mass is 10.1. The van der Waals surface area contributed by atoms with Gasteiger partial charge in [0, 0.05) is 12.8 Å². The van der Waals surface area contributed by atoms with Crippen LogP contribution in [0.15, 0.2) is 84.9 Å². The lowest BCUT2D eigenvalue weighted by Crippen LogP contribution is -2.40. The predicted molar refractivity (Wildman–Crippen MR) is 166 cm³/mol. The Morgan fingerprint density at radius 2 is 0.903 bits per heavy atom. The van der Waals surface area contributed by atoms with Crippen molar-refractivity contribution < 1.29 is 8.42 Å². The summed E-state index contributed by atoms with van der Waals surface area (Å²) in [4.78, 5) is 0. The molecule has 7 heteroatoms. The van der Waals surface area contributed by atoms with Crippen molar-refractivity contribution in [2.45, 2.75) is 14.4 Å². The number of hydrogen-bond acceptors (Lipinski definition) is 2. The second-order valence-electron chi connectivity index (χ2n) is 7.49. The highest BCUT2D eigenvalue weighted by molar-refractivity contribution is 14.2. The van der Waals surface area contributed by atoms with Crippen LogP contribution in [-0.2, 0) is 22.7 Å². The van der Waals surface area contributed by atoms with Gasteiger partial charge in [-0.3, -0.25) is 0 Å². The van der Waals surface area contributed by atoms with Crippen molar-refractivity contribution in [3.8, 4) is 0 Å². The molecule has 0 aliphatic carbocycles. The number of fused-ring (bicyclic) bond motifs is 2. The van der Waals surface area contributed by atoms with Gasteiger partial charge in [-0.05, 0) is 123 Å². The van der Waals surface area contributed by atoms with Gasteiger partial charge in [0.15, 0.2) is 11.4 Å². The fourth-order valence-corrected chi connectivity index (χ4v) is 16.1. The van der Waals surface area contributed by atoms with E-state index >= 15 is 0 Å².